The van der Waals surface area contributed by atoms with Crippen LogP contribution in [-0.4, -0.2) is 0 Å². The summed E-state index contributed by atoms with van der Waals surface area (Å²) >= 11 is 0. The van der Waals surface area contributed by atoms with Gasteiger partial charge in [-0.1, -0.05) is 60.7 Å². The molecule has 2 nitrogen and oxygen atoms in total. The van der Waals surface area contributed by atoms with E-state index in [1.54, 1.807) is 0 Å². The van der Waals surface area contributed by atoms with Crippen molar-refractivity contribution in [3.8, 4) is 11.5 Å². The van der Waals surface area contributed by atoms with Crippen molar-refractivity contribution in [2.24, 2.45) is 0 Å². The highest BCUT2D eigenvalue weighted by Gasteiger charge is 2.00. The van der Waals surface area contributed by atoms with Gasteiger partial charge in [0.15, 0.2) is 0 Å². The van der Waals surface area contributed by atoms with Crippen molar-refractivity contribution in [1.29, 1.82) is 0 Å². The van der Waals surface area contributed by atoms with Gasteiger partial charge in [-0.25, -0.2) is 0 Å². The van der Waals surface area contributed by atoms with E-state index in [1.807, 2.05) is 78.9 Å². The van der Waals surface area contributed by atoms with E-state index in [4.69, 9.17) is 9.47 Å². The molecule has 0 saturated carbocycles. The van der Waals surface area contributed by atoms with Crippen LogP contribution >= 0.6 is 0 Å². The first-order chi connectivity index (χ1) is 10.9. The first-order valence-corrected chi connectivity index (χ1v) is 7.25. The van der Waals surface area contributed by atoms with E-state index in [9.17, 15) is 0 Å². The summed E-state index contributed by atoms with van der Waals surface area (Å²) in [7, 11) is 0. The Bertz CT molecular complexity index is 634. The normalized spacial score (nSPS) is 10.2. The van der Waals surface area contributed by atoms with E-state index in [0.29, 0.717) is 13.2 Å². The molecule has 0 aromatic heterocycles. The zero-order chi connectivity index (χ0) is 15.0. The molecule has 0 unspecified atom stereocenters. The minimum absolute atomic E-state index is 0.539. The van der Waals surface area contributed by atoms with Crippen LogP contribution in [0.2, 0.25) is 0 Å². The van der Waals surface area contributed by atoms with Crippen LogP contribution in [0.3, 0.4) is 0 Å². The maximum atomic E-state index is 5.77. The van der Waals surface area contributed by atoms with Crippen LogP contribution in [0.4, 0.5) is 0 Å². The Morgan fingerprint density at radius 3 is 1.55 bits per heavy atom. The molecule has 0 bridgehead atoms. The van der Waals surface area contributed by atoms with Crippen molar-refractivity contribution < 1.29 is 9.47 Å². The molecule has 0 aliphatic carbocycles. The van der Waals surface area contributed by atoms with E-state index < -0.39 is 0 Å². The number of hydrogen-bond donors (Lipinski definition) is 0. The third kappa shape index (κ3) is 4.13. The molecular weight excluding hydrogens is 272 g/mol. The number of ether oxygens (including phenoxy) is 2. The number of hydrogen-bond acceptors (Lipinski definition) is 2. The van der Waals surface area contributed by atoms with Crippen molar-refractivity contribution in [3.63, 3.8) is 0 Å². The van der Waals surface area contributed by atoms with Crippen LogP contribution < -0.4 is 9.47 Å². The molecule has 0 fully saturated rings. The summed E-state index contributed by atoms with van der Waals surface area (Å²) in [6.45, 7) is 1.08. The van der Waals surface area contributed by atoms with Crippen molar-refractivity contribution in [2.45, 2.75) is 13.2 Å². The van der Waals surface area contributed by atoms with Gasteiger partial charge in [0.25, 0.3) is 0 Å². The molecule has 22 heavy (non-hydrogen) atoms. The number of rotatable bonds is 6. The molecule has 0 aliphatic rings. The maximum Gasteiger partial charge on any atom is 0.124 e. The second-order valence-electron chi connectivity index (χ2n) is 4.95. The van der Waals surface area contributed by atoms with E-state index in [0.717, 1.165) is 22.6 Å². The van der Waals surface area contributed by atoms with E-state index >= 15 is 0 Å². The second kappa shape index (κ2) is 7.32. The third-order valence-corrected chi connectivity index (χ3v) is 3.23. The highest BCUT2D eigenvalue weighted by atomic mass is 16.5. The average Bonchev–Trinajstić information content (AvgIpc) is 2.60. The van der Waals surface area contributed by atoms with Gasteiger partial charge in [0.1, 0.15) is 24.7 Å². The Kier molecular flexibility index (Phi) is 4.73. The van der Waals surface area contributed by atoms with Gasteiger partial charge in [0.2, 0.25) is 0 Å². The molecule has 2 heteroatoms. The minimum Gasteiger partial charge on any atom is -0.489 e. The molecule has 0 atom stereocenters. The fraction of sp³-hybridized carbons (Fsp3) is 0.100. The van der Waals surface area contributed by atoms with Gasteiger partial charge in [-0.15, -0.1) is 0 Å². The molecule has 3 aromatic rings. The van der Waals surface area contributed by atoms with Crippen LogP contribution in [0, 0.1) is 6.07 Å². The van der Waals surface area contributed by atoms with E-state index in [1.165, 1.54) is 0 Å². The van der Waals surface area contributed by atoms with Crippen LogP contribution in [0.25, 0.3) is 0 Å². The predicted molar refractivity (Wildman–Crippen MR) is 86.8 cm³/mol. The van der Waals surface area contributed by atoms with Crippen LogP contribution in [0.5, 0.6) is 11.5 Å². The fourth-order valence-corrected chi connectivity index (χ4v) is 2.08. The Morgan fingerprint density at radius 1 is 0.636 bits per heavy atom. The van der Waals surface area contributed by atoms with Gasteiger partial charge in [0, 0.05) is 6.07 Å². The summed E-state index contributed by atoms with van der Waals surface area (Å²) in [5.74, 6) is 1.52. The van der Waals surface area contributed by atoms with Crippen molar-refractivity contribution >= 4 is 0 Å². The third-order valence-electron chi connectivity index (χ3n) is 3.23. The summed E-state index contributed by atoms with van der Waals surface area (Å²) in [4.78, 5) is 0. The molecule has 0 heterocycles. The van der Waals surface area contributed by atoms with Crippen molar-refractivity contribution in [3.05, 3.63) is 96.1 Å². The Hall–Kier alpha value is -2.74. The lowest BCUT2D eigenvalue weighted by molar-refractivity contribution is 0.290. The monoisotopic (exact) mass is 289 g/mol. The zero-order valence-corrected chi connectivity index (χ0v) is 12.2. The average molecular weight is 289 g/mol. The lowest BCUT2D eigenvalue weighted by Crippen LogP contribution is -1.97. The summed E-state index contributed by atoms with van der Waals surface area (Å²) in [6.07, 6.45) is 0. The molecule has 3 rings (SSSR count). The first kappa shape index (κ1) is 14.2. The number of benzene rings is 3. The smallest absolute Gasteiger partial charge is 0.124 e. The van der Waals surface area contributed by atoms with Crippen LogP contribution in [0.1, 0.15) is 11.1 Å². The molecule has 0 aliphatic heterocycles. The van der Waals surface area contributed by atoms with E-state index in [2.05, 4.69) is 6.07 Å². The molecule has 3 aromatic carbocycles. The summed E-state index contributed by atoms with van der Waals surface area (Å²) < 4.78 is 11.5. The fourth-order valence-electron chi connectivity index (χ4n) is 2.08. The Labute approximate surface area is 131 Å². The van der Waals surface area contributed by atoms with Gasteiger partial charge in [-0.3, -0.25) is 0 Å². The predicted octanol–water partition coefficient (Wildman–Crippen LogP) is 4.64. The lowest BCUT2D eigenvalue weighted by atomic mass is 10.2. The Morgan fingerprint density at radius 2 is 1.09 bits per heavy atom. The van der Waals surface area contributed by atoms with Gasteiger partial charge in [0.05, 0.1) is 0 Å². The van der Waals surface area contributed by atoms with Gasteiger partial charge >= 0.3 is 0 Å². The summed E-state index contributed by atoms with van der Waals surface area (Å²) in [5, 5.41) is 0. The zero-order valence-electron chi connectivity index (χ0n) is 12.2. The minimum atomic E-state index is 0.539. The largest absolute Gasteiger partial charge is 0.489 e. The highest BCUT2D eigenvalue weighted by molar-refractivity contribution is 5.32. The molecule has 0 amide bonds. The molecule has 1 radical (unpaired) electrons. The lowest BCUT2D eigenvalue weighted by Gasteiger charge is -2.09. The van der Waals surface area contributed by atoms with E-state index in [-0.39, 0.29) is 0 Å². The second-order valence-corrected chi connectivity index (χ2v) is 4.95. The summed E-state index contributed by atoms with van der Waals surface area (Å²) in [5.41, 5.74) is 2.27. The maximum absolute atomic E-state index is 5.77. The van der Waals surface area contributed by atoms with Crippen molar-refractivity contribution in [1.82, 2.24) is 0 Å². The highest BCUT2D eigenvalue weighted by Crippen LogP contribution is 2.21. The van der Waals surface area contributed by atoms with Gasteiger partial charge < -0.3 is 9.47 Å². The van der Waals surface area contributed by atoms with Gasteiger partial charge in [-0.05, 0) is 29.3 Å². The van der Waals surface area contributed by atoms with Gasteiger partial charge in [-0.2, -0.15) is 0 Å². The Balaban J connectivity index is 1.58. The SMILES string of the molecule is [c]1cc(OCc2ccccc2)cc(OCc2ccccc2)c1. The molecule has 109 valence electrons. The standard InChI is InChI=1S/C20H17O2/c1-3-8-17(9-4-1)15-21-19-12-7-13-20(14-19)22-16-18-10-5-2-6-11-18/h1-6,8-14H,15-16H2. The topological polar surface area (TPSA) is 18.5 Å². The molecule has 0 N–H and O–H groups in total. The van der Waals surface area contributed by atoms with Crippen LogP contribution in [-0.2, 0) is 13.2 Å². The molecule has 0 saturated heterocycles. The summed E-state index contributed by atoms with van der Waals surface area (Å²) in [6, 6.07) is 28.8. The molecule has 0 spiro atoms. The quantitative estimate of drug-likeness (QED) is 0.658. The first-order valence-electron chi connectivity index (χ1n) is 7.25. The van der Waals surface area contributed by atoms with Crippen molar-refractivity contribution in [2.75, 3.05) is 0 Å². The van der Waals surface area contributed by atoms with Crippen LogP contribution in [0.15, 0.2) is 78.9 Å². The molecular formula is C20H17O2.